The van der Waals surface area contributed by atoms with E-state index in [2.05, 4.69) is 5.32 Å². The van der Waals surface area contributed by atoms with Gasteiger partial charge in [0.2, 0.25) is 5.91 Å². The van der Waals surface area contributed by atoms with E-state index < -0.39 is 12.0 Å². The van der Waals surface area contributed by atoms with E-state index in [1.54, 1.807) is 0 Å². The quantitative estimate of drug-likeness (QED) is 0.858. The van der Waals surface area contributed by atoms with Gasteiger partial charge in [-0.3, -0.25) is 9.59 Å². The lowest BCUT2D eigenvalue weighted by molar-refractivity contribution is -0.137. The molecule has 4 heteroatoms. The van der Waals surface area contributed by atoms with Crippen molar-refractivity contribution in [1.29, 1.82) is 0 Å². The summed E-state index contributed by atoms with van der Waals surface area (Å²) in [6, 6.07) is 8.70. The number of benzene rings is 1. The molecule has 0 aliphatic carbocycles. The van der Waals surface area contributed by atoms with Gasteiger partial charge in [-0.05, 0) is 11.0 Å². The van der Waals surface area contributed by atoms with E-state index in [9.17, 15) is 9.59 Å². The van der Waals surface area contributed by atoms with Crippen LogP contribution in [-0.2, 0) is 9.59 Å². The summed E-state index contributed by atoms with van der Waals surface area (Å²) in [6.45, 7) is 5.92. The van der Waals surface area contributed by atoms with E-state index >= 15 is 0 Å². The Labute approximate surface area is 113 Å². The number of nitrogens with one attached hydrogen (secondary N) is 1. The maximum Gasteiger partial charge on any atom is 0.305 e. The van der Waals surface area contributed by atoms with Gasteiger partial charge in [0.1, 0.15) is 0 Å². The highest BCUT2D eigenvalue weighted by atomic mass is 16.4. The van der Waals surface area contributed by atoms with Crippen LogP contribution >= 0.6 is 0 Å². The van der Waals surface area contributed by atoms with Gasteiger partial charge in [0.25, 0.3) is 0 Å². The number of carboxylic acid groups (broad SMARTS) is 1. The van der Waals surface area contributed by atoms with E-state index in [-0.39, 0.29) is 17.7 Å². The lowest BCUT2D eigenvalue weighted by Crippen LogP contribution is -2.32. The monoisotopic (exact) mass is 263 g/mol. The molecule has 104 valence electrons. The minimum atomic E-state index is -0.926. The Bertz CT molecular complexity index is 434. The van der Waals surface area contributed by atoms with Gasteiger partial charge >= 0.3 is 5.97 Å². The molecule has 1 unspecified atom stereocenters. The van der Waals surface area contributed by atoms with E-state index in [0.717, 1.165) is 5.56 Å². The molecule has 0 heterocycles. The molecule has 1 aromatic rings. The van der Waals surface area contributed by atoms with Crippen LogP contribution in [0.5, 0.6) is 0 Å². The Morgan fingerprint density at radius 3 is 2.26 bits per heavy atom. The van der Waals surface area contributed by atoms with Crippen molar-refractivity contribution in [1.82, 2.24) is 5.32 Å². The fourth-order valence-electron chi connectivity index (χ4n) is 1.84. The van der Waals surface area contributed by atoms with Crippen LogP contribution in [0.3, 0.4) is 0 Å². The van der Waals surface area contributed by atoms with E-state index in [0.29, 0.717) is 6.42 Å². The Balaban J connectivity index is 2.76. The summed E-state index contributed by atoms with van der Waals surface area (Å²) >= 11 is 0. The van der Waals surface area contributed by atoms with Crippen molar-refractivity contribution < 1.29 is 14.7 Å². The second-order valence-electron chi connectivity index (χ2n) is 5.87. The zero-order valence-corrected chi connectivity index (χ0v) is 11.6. The molecule has 1 amide bonds. The van der Waals surface area contributed by atoms with Crippen molar-refractivity contribution in [2.24, 2.45) is 5.41 Å². The molecular weight excluding hydrogens is 242 g/mol. The van der Waals surface area contributed by atoms with Gasteiger partial charge in [-0.1, -0.05) is 51.1 Å². The predicted molar refractivity (Wildman–Crippen MR) is 73.7 cm³/mol. The molecule has 4 nitrogen and oxygen atoms in total. The van der Waals surface area contributed by atoms with Gasteiger partial charge in [-0.25, -0.2) is 0 Å². The third kappa shape index (κ3) is 6.04. The van der Waals surface area contributed by atoms with Gasteiger partial charge in [0, 0.05) is 6.42 Å². The number of hydrogen-bond acceptors (Lipinski definition) is 2. The summed E-state index contributed by atoms with van der Waals surface area (Å²) in [5, 5.41) is 11.7. The zero-order valence-electron chi connectivity index (χ0n) is 11.6. The van der Waals surface area contributed by atoms with Crippen molar-refractivity contribution in [3.8, 4) is 0 Å². The minimum absolute atomic E-state index is 0.111. The van der Waals surface area contributed by atoms with Gasteiger partial charge < -0.3 is 10.4 Å². The second kappa shape index (κ2) is 6.36. The number of aliphatic carboxylic acids is 1. The van der Waals surface area contributed by atoms with Crippen molar-refractivity contribution in [2.45, 2.75) is 39.7 Å². The van der Waals surface area contributed by atoms with Crippen LogP contribution in [0.25, 0.3) is 0 Å². The highest BCUT2D eigenvalue weighted by Crippen LogP contribution is 2.21. The molecule has 1 atom stereocenters. The maximum absolute atomic E-state index is 11.9. The minimum Gasteiger partial charge on any atom is -0.481 e. The molecule has 19 heavy (non-hydrogen) atoms. The molecule has 1 aromatic carbocycles. The highest BCUT2D eigenvalue weighted by molar-refractivity contribution is 5.78. The molecule has 0 aliphatic rings. The molecule has 1 rings (SSSR count). The molecule has 0 bridgehead atoms. The van der Waals surface area contributed by atoms with Crippen molar-refractivity contribution >= 4 is 11.9 Å². The Morgan fingerprint density at radius 2 is 1.79 bits per heavy atom. The third-order valence-electron chi connectivity index (χ3n) is 2.61. The Morgan fingerprint density at radius 1 is 1.21 bits per heavy atom. The molecule has 2 N–H and O–H groups in total. The summed E-state index contributed by atoms with van der Waals surface area (Å²) in [5.74, 6) is -1.05. The van der Waals surface area contributed by atoms with Gasteiger partial charge in [0.15, 0.2) is 0 Å². The van der Waals surface area contributed by atoms with Gasteiger partial charge in [-0.2, -0.15) is 0 Å². The number of rotatable bonds is 5. The van der Waals surface area contributed by atoms with Crippen LogP contribution in [0.4, 0.5) is 0 Å². The molecule has 0 saturated heterocycles. The smallest absolute Gasteiger partial charge is 0.305 e. The first-order chi connectivity index (χ1) is 8.78. The molecule has 0 aliphatic heterocycles. The topological polar surface area (TPSA) is 66.4 Å². The molecule has 0 radical (unpaired) electrons. The largest absolute Gasteiger partial charge is 0.481 e. The second-order valence-corrected chi connectivity index (χ2v) is 5.87. The molecule has 0 spiro atoms. The van der Waals surface area contributed by atoms with Crippen molar-refractivity contribution in [3.63, 3.8) is 0 Å². The molecule has 0 saturated carbocycles. The van der Waals surface area contributed by atoms with Crippen LogP contribution in [0.15, 0.2) is 30.3 Å². The van der Waals surface area contributed by atoms with Gasteiger partial charge in [-0.15, -0.1) is 0 Å². The SMILES string of the molecule is CC(C)(C)CC(=O)NC(CC(=O)O)c1ccccc1. The number of hydrogen-bond donors (Lipinski definition) is 2. The highest BCUT2D eigenvalue weighted by Gasteiger charge is 2.21. The normalized spacial score (nSPS) is 12.8. The van der Waals surface area contributed by atoms with Crippen molar-refractivity contribution in [3.05, 3.63) is 35.9 Å². The number of carbonyl (C=O) groups excluding carboxylic acids is 1. The van der Waals surface area contributed by atoms with Crippen molar-refractivity contribution in [2.75, 3.05) is 0 Å². The standard InChI is InChI=1S/C15H21NO3/c1-15(2,3)10-13(17)16-12(9-14(18)19)11-7-5-4-6-8-11/h4-8,12H,9-10H2,1-3H3,(H,16,17)(H,18,19). The van der Waals surface area contributed by atoms with E-state index in [4.69, 9.17) is 5.11 Å². The first-order valence-corrected chi connectivity index (χ1v) is 6.34. The first-order valence-electron chi connectivity index (χ1n) is 6.34. The maximum atomic E-state index is 11.9. The number of carbonyl (C=O) groups is 2. The summed E-state index contributed by atoms with van der Waals surface area (Å²) < 4.78 is 0. The fraction of sp³-hybridized carbons (Fsp3) is 0.467. The van der Waals surface area contributed by atoms with Crippen LogP contribution in [0, 0.1) is 5.41 Å². The summed E-state index contributed by atoms with van der Waals surface area (Å²) in [6.07, 6.45) is 0.260. The van der Waals surface area contributed by atoms with Crippen LogP contribution in [-0.4, -0.2) is 17.0 Å². The average molecular weight is 263 g/mol. The van der Waals surface area contributed by atoms with E-state index in [1.165, 1.54) is 0 Å². The predicted octanol–water partition coefficient (Wildman–Crippen LogP) is 2.75. The zero-order chi connectivity index (χ0) is 14.5. The molecular formula is C15H21NO3. The average Bonchev–Trinajstić information content (AvgIpc) is 2.26. The Kier molecular flexibility index (Phi) is 5.10. The molecule has 0 aromatic heterocycles. The van der Waals surface area contributed by atoms with Crippen LogP contribution in [0.1, 0.15) is 45.2 Å². The Hall–Kier alpha value is -1.84. The number of amides is 1. The van der Waals surface area contributed by atoms with Crippen LogP contribution in [0.2, 0.25) is 0 Å². The van der Waals surface area contributed by atoms with Crippen LogP contribution < -0.4 is 5.32 Å². The lowest BCUT2D eigenvalue weighted by atomic mass is 9.91. The lowest BCUT2D eigenvalue weighted by Gasteiger charge is -2.21. The molecule has 0 fully saturated rings. The number of carboxylic acids is 1. The summed E-state index contributed by atoms with van der Waals surface area (Å²) in [4.78, 5) is 22.8. The summed E-state index contributed by atoms with van der Waals surface area (Å²) in [5.41, 5.74) is 0.696. The van der Waals surface area contributed by atoms with E-state index in [1.807, 2.05) is 51.1 Å². The van der Waals surface area contributed by atoms with Gasteiger partial charge in [0.05, 0.1) is 12.5 Å². The third-order valence-corrected chi connectivity index (χ3v) is 2.61. The summed E-state index contributed by atoms with van der Waals surface area (Å²) in [7, 11) is 0. The first kappa shape index (κ1) is 15.2. The fourth-order valence-corrected chi connectivity index (χ4v) is 1.84.